The molecule has 0 saturated carbocycles. The lowest BCUT2D eigenvalue weighted by Crippen LogP contribution is -2.20. The molecule has 0 aliphatic rings. The fraction of sp³-hybridized carbons (Fsp3) is 0. The van der Waals surface area contributed by atoms with E-state index in [1.165, 1.54) is 6.33 Å². The Morgan fingerprint density at radius 2 is 1.80 bits per heavy atom. The minimum Gasteiger partial charge on any atom is -0.319 e. The Balaban J connectivity index is 1.75. The summed E-state index contributed by atoms with van der Waals surface area (Å²) in [7, 11) is 0. The summed E-state index contributed by atoms with van der Waals surface area (Å²) in [5, 5.41) is 14.1. The number of nitrogens with zero attached hydrogens (tertiary/aromatic N) is 4. The molecule has 25 heavy (non-hydrogen) atoms. The van der Waals surface area contributed by atoms with Crippen LogP contribution in [0.25, 0.3) is 16.5 Å². The highest BCUT2D eigenvalue weighted by Crippen LogP contribution is 2.20. The van der Waals surface area contributed by atoms with Gasteiger partial charge in [-0.2, -0.15) is 10.2 Å². The summed E-state index contributed by atoms with van der Waals surface area (Å²) in [6, 6.07) is 14.0. The van der Waals surface area contributed by atoms with Crippen LogP contribution in [0.15, 0.2) is 66.0 Å². The Bertz CT molecular complexity index is 1120. The van der Waals surface area contributed by atoms with Gasteiger partial charge in [0.05, 0.1) is 16.8 Å². The average Bonchev–Trinajstić information content (AvgIpc) is 3.17. The van der Waals surface area contributed by atoms with E-state index in [0.29, 0.717) is 22.1 Å². The molecule has 2 aromatic heterocycles. The van der Waals surface area contributed by atoms with Gasteiger partial charge in [0.2, 0.25) is 0 Å². The number of carbonyl (C=O) groups excluding carboxylic acids is 1. The van der Waals surface area contributed by atoms with E-state index in [-0.39, 0.29) is 11.3 Å². The normalized spacial score (nSPS) is 10.7. The number of aromatic nitrogens is 5. The van der Waals surface area contributed by atoms with Gasteiger partial charge < -0.3 is 5.32 Å². The molecule has 0 atom stereocenters. The molecule has 4 rings (SSSR count). The minimum absolute atomic E-state index is 0.142. The van der Waals surface area contributed by atoms with Crippen LogP contribution in [0.4, 0.5) is 5.69 Å². The van der Waals surface area contributed by atoms with E-state index in [2.05, 4.69) is 25.6 Å². The Labute approximate surface area is 141 Å². The molecule has 0 aliphatic heterocycles. The van der Waals surface area contributed by atoms with Crippen molar-refractivity contribution in [2.45, 2.75) is 0 Å². The SMILES string of the molecule is O=C(Nc1ccccc1-n1cncn1)c1n[nH]c(=O)c2ccccc12. The summed E-state index contributed by atoms with van der Waals surface area (Å²) >= 11 is 0. The van der Waals surface area contributed by atoms with Gasteiger partial charge in [-0.3, -0.25) is 9.59 Å². The summed E-state index contributed by atoms with van der Waals surface area (Å²) in [4.78, 5) is 28.5. The van der Waals surface area contributed by atoms with E-state index in [9.17, 15) is 9.59 Å². The number of rotatable bonds is 3. The molecule has 2 aromatic carbocycles. The second-order valence-corrected chi connectivity index (χ2v) is 5.26. The van der Waals surface area contributed by atoms with Crippen molar-refractivity contribution in [1.29, 1.82) is 0 Å². The van der Waals surface area contributed by atoms with Crippen molar-refractivity contribution in [3.8, 4) is 5.69 Å². The Hall–Kier alpha value is -3.81. The van der Waals surface area contributed by atoms with Crippen LogP contribution in [0.2, 0.25) is 0 Å². The largest absolute Gasteiger partial charge is 0.319 e. The molecule has 0 spiro atoms. The first-order chi connectivity index (χ1) is 12.2. The zero-order valence-corrected chi connectivity index (χ0v) is 12.9. The van der Waals surface area contributed by atoms with Crippen molar-refractivity contribution in [2.24, 2.45) is 0 Å². The highest BCUT2D eigenvalue weighted by molar-refractivity contribution is 6.11. The fourth-order valence-corrected chi connectivity index (χ4v) is 2.58. The van der Waals surface area contributed by atoms with Crippen LogP contribution in [-0.2, 0) is 0 Å². The van der Waals surface area contributed by atoms with E-state index >= 15 is 0 Å². The van der Waals surface area contributed by atoms with Crippen molar-refractivity contribution in [2.75, 3.05) is 5.32 Å². The van der Waals surface area contributed by atoms with Crippen LogP contribution in [0.1, 0.15) is 10.5 Å². The molecule has 8 nitrogen and oxygen atoms in total. The number of amides is 1. The van der Waals surface area contributed by atoms with E-state index in [0.717, 1.165) is 0 Å². The topological polar surface area (TPSA) is 106 Å². The van der Waals surface area contributed by atoms with Crippen LogP contribution in [0, 0.1) is 0 Å². The zero-order chi connectivity index (χ0) is 17.2. The molecule has 0 fully saturated rings. The molecular weight excluding hydrogens is 320 g/mol. The highest BCUT2D eigenvalue weighted by Gasteiger charge is 2.16. The fourth-order valence-electron chi connectivity index (χ4n) is 2.58. The maximum Gasteiger partial charge on any atom is 0.276 e. The lowest BCUT2D eigenvalue weighted by Gasteiger charge is -2.11. The van der Waals surface area contributed by atoms with E-state index in [1.54, 1.807) is 47.4 Å². The summed E-state index contributed by atoms with van der Waals surface area (Å²) < 4.78 is 1.55. The molecule has 0 unspecified atom stereocenters. The van der Waals surface area contributed by atoms with Gasteiger partial charge in [0.1, 0.15) is 12.7 Å². The molecule has 1 amide bonds. The summed E-state index contributed by atoms with van der Waals surface area (Å²) in [5.41, 5.74) is 1.02. The number of hydrogen-bond acceptors (Lipinski definition) is 5. The molecule has 4 aromatic rings. The lowest BCUT2D eigenvalue weighted by molar-refractivity contribution is 0.102. The second kappa shape index (κ2) is 6.00. The predicted octanol–water partition coefficient (Wildman–Crippen LogP) is 1.76. The van der Waals surface area contributed by atoms with Crippen LogP contribution >= 0.6 is 0 Å². The number of H-pyrrole nitrogens is 1. The van der Waals surface area contributed by atoms with E-state index in [4.69, 9.17) is 0 Å². The van der Waals surface area contributed by atoms with Gasteiger partial charge in [0.15, 0.2) is 5.69 Å². The highest BCUT2D eigenvalue weighted by atomic mass is 16.2. The van der Waals surface area contributed by atoms with Gasteiger partial charge in [0, 0.05) is 5.39 Å². The van der Waals surface area contributed by atoms with Gasteiger partial charge in [-0.1, -0.05) is 30.3 Å². The number of fused-ring (bicyclic) bond motifs is 1. The third kappa shape index (κ3) is 2.65. The molecule has 0 bridgehead atoms. The molecule has 8 heteroatoms. The quantitative estimate of drug-likeness (QED) is 0.594. The number of anilines is 1. The summed E-state index contributed by atoms with van der Waals surface area (Å²) in [5.74, 6) is -0.431. The number of hydrogen-bond donors (Lipinski definition) is 2. The first kappa shape index (κ1) is 14.8. The molecule has 2 N–H and O–H groups in total. The number of benzene rings is 2. The Morgan fingerprint density at radius 1 is 1.04 bits per heavy atom. The summed E-state index contributed by atoms with van der Waals surface area (Å²) in [6.07, 6.45) is 2.95. The first-order valence-corrected chi connectivity index (χ1v) is 7.47. The van der Waals surface area contributed by atoms with Gasteiger partial charge in [-0.25, -0.2) is 14.8 Å². The smallest absolute Gasteiger partial charge is 0.276 e. The van der Waals surface area contributed by atoms with Crippen LogP contribution < -0.4 is 10.9 Å². The average molecular weight is 332 g/mol. The number of para-hydroxylation sites is 2. The molecular formula is C17H12N6O2. The molecule has 0 radical (unpaired) electrons. The van der Waals surface area contributed by atoms with Gasteiger partial charge in [-0.15, -0.1) is 0 Å². The van der Waals surface area contributed by atoms with Gasteiger partial charge >= 0.3 is 0 Å². The van der Waals surface area contributed by atoms with Gasteiger partial charge in [0.25, 0.3) is 11.5 Å². The van der Waals surface area contributed by atoms with Crippen molar-refractivity contribution >= 4 is 22.4 Å². The lowest BCUT2D eigenvalue weighted by atomic mass is 10.1. The van der Waals surface area contributed by atoms with Crippen molar-refractivity contribution < 1.29 is 4.79 Å². The van der Waals surface area contributed by atoms with Crippen LogP contribution in [0.5, 0.6) is 0 Å². The molecule has 122 valence electrons. The number of carbonyl (C=O) groups is 1. The molecule has 0 saturated heterocycles. The Kier molecular flexibility index (Phi) is 3.55. The van der Waals surface area contributed by atoms with Crippen LogP contribution in [0.3, 0.4) is 0 Å². The third-order valence-electron chi connectivity index (χ3n) is 3.73. The van der Waals surface area contributed by atoms with E-state index < -0.39 is 5.91 Å². The maximum atomic E-state index is 12.7. The van der Waals surface area contributed by atoms with Crippen molar-refractivity contribution in [3.05, 3.63) is 77.2 Å². The maximum absolute atomic E-state index is 12.7. The predicted molar refractivity (Wildman–Crippen MR) is 91.7 cm³/mol. The standard InChI is InChI=1S/C17H12N6O2/c24-16-12-6-2-1-5-11(12)15(21-22-16)17(25)20-13-7-3-4-8-14(13)23-10-18-9-19-23/h1-10H,(H,20,25)(H,22,24). The minimum atomic E-state index is -0.431. The van der Waals surface area contributed by atoms with Crippen molar-refractivity contribution in [3.63, 3.8) is 0 Å². The molecule has 0 aliphatic carbocycles. The monoisotopic (exact) mass is 332 g/mol. The number of aromatic amines is 1. The van der Waals surface area contributed by atoms with Gasteiger partial charge in [-0.05, 0) is 18.2 Å². The second-order valence-electron chi connectivity index (χ2n) is 5.26. The summed E-state index contributed by atoms with van der Waals surface area (Å²) in [6.45, 7) is 0. The Morgan fingerprint density at radius 3 is 2.60 bits per heavy atom. The first-order valence-electron chi connectivity index (χ1n) is 7.47. The van der Waals surface area contributed by atoms with Crippen LogP contribution in [-0.4, -0.2) is 30.9 Å². The zero-order valence-electron chi connectivity index (χ0n) is 12.9. The van der Waals surface area contributed by atoms with Crippen molar-refractivity contribution in [1.82, 2.24) is 25.0 Å². The third-order valence-corrected chi connectivity index (χ3v) is 3.73. The number of nitrogens with one attached hydrogen (secondary N) is 2. The van der Waals surface area contributed by atoms with E-state index in [1.807, 2.05) is 12.1 Å². The molecule has 2 heterocycles.